The summed E-state index contributed by atoms with van der Waals surface area (Å²) in [4.78, 5) is 22.6. The Bertz CT molecular complexity index is 1220. The number of hydrogen-bond acceptors (Lipinski definition) is 5. The third-order valence-corrected chi connectivity index (χ3v) is 6.81. The SMILES string of the molecule is CC(=O)N(c1nc(CSc2nccn2-c2ccc(C(C)C)cc2)cs1)c1ccccc1F. The van der Waals surface area contributed by atoms with Gasteiger partial charge in [0.15, 0.2) is 10.3 Å². The minimum Gasteiger partial charge on any atom is -0.295 e. The first kappa shape index (κ1) is 22.2. The molecule has 0 atom stereocenters. The molecule has 0 bridgehead atoms. The summed E-state index contributed by atoms with van der Waals surface area (Å²) in [6.07, 6.45) is 3.72. The van der Waals surface area contributed by atoms with Gasteiger partial charge in [0.25, 0.3) is 0 Å². The molecule has 0 fully saturated rings. The Morgan fingerprint density at radius 3 is 2.62 bits per heavy atom. The molecule has 0 aliphatic heterocycles. The van der Waals surface area contributed by atoms with Crippen molar-refractivity contribution in [3.63, 3.8) is 0 Å². The van der Waals surface area contributed by atoms with Crippen molar-refractivity contribution in [2.45, 2.75) is 37.6 Å². The third-order valence-electron chi connectivity index (χ3n) is 4.93. The van der Waals surface area contributed by atoms with Crippen molar-refractivity contribution >= 4 is 39.8 Å². The van der Waals surface area contributed by atoms with Gasteiger partial charge in [-0.25, -0.2) is 14.4 Å². The summed E-state index contributed by atoms with van der Waals surface area (Å²) in [5.41, 5.74) is 3.36. The maximum Gasteiger partial charge on any atom is 0.230 e. The fourth-order valence-corrected chi connectivity index (χ4v) is 5.11. The number of thiazole rings is 1. The smallest absolute Gasteiger partial charge is 0.230 e. The summed E-state index contributed by atoms with van der Waals surface area (Å²) >= 11 is 2.88. The van der Waals surface area contributed by atoms with Crippen LogP contribution in [0.3, 0.4) is 0 Å². The number of aromatic nitrogens is 3. The van der Waals surface area contributed by atoms with E-state index in [1.54, 1.807) is 36.2 Å². The van der Waals surface area contributed by atoms with Gasteiger partial charge in [0, 0.05) is 36.1 Å². The minimum absolute atomic E-state index is 0.203. The quantitative estimate of drug-likeness (QED) is 0.289. The Hall–Kier alpha value is -2.97. The van der Waals surface area contributed by atoms with Crippen LogP contribution in [0, 0.1) is 5.82 Å². The van der Waals surface area contributed by atoms with Gasteiger partial charge in [-0.2, -0.15) is 0 Å². The first-order chi connectivity index (χ1) is 15.4. The van der Waals surface area contributed by atoms with Crippen LogP contribution in [-0.2, 0) is 10.5 Å². The molecule has 2 aromatic carbocycles. The highest BCUT2D eigenvalue weighted by Crippen LogP contribution is 2.32. The van der Waals surface area contributed by atoms with Gasteiger partial charge in [-0.1, -0.05) is 49.9 Å². The number of hydrogen-bond donors (Lipinski definition) is 0. The van der Waals surface area contributed by atoms with Crippen molar-refractivity contribution in [3.05, 3.63) is 83.4 Å². The molecule has 0 aliphatic rings. The number of thioether (sulfide) groups is 1. The molecule has 0 N–H and O–H groups in total. The van der Waals surface area contributed by atoms with E-state index in [4.69, 9.17) is 0 Å². The van der Waals surface area contributed by atoms with E-state index in [0.29, 0.717) is 16.8 Å². The second-order valence-corrected chi connectivity index (χ2v) is 9.32. The monoisotopic (exact) mass is 466 g/mol. The molecule has 2 aromatic heterocycles. The Balaban J connectivity index is 1.50. The fraction of sp³-hybridized carbons (Fsp3) is 0.208. The minimum atomic E-state index is -0.459. The molecule has 1 amide bonds. The molecule has 0 unspecified atom stereocenters. The van der Waals surface area contributed by atoms with Crippen LogP contribution in [0.5, 0.6) is 0 Å². The van der Waals surface area contributed by atoms with Crippen molar-refractivity contribution in [2.24, 2.45) is 0 Å². The maximum atomic E-state index is 14.3. The molecule has 0 radical (unpaired) electrons. The molecule has 0 aliphatic carbocycles. The molecular weight excluding hydrogens is 443 g/mol. The first-order valence-corrected chi connectivity index (χ1v) is 12.1. The van der Waals surface area contributed by atoms with Gasteiger partial charge >= 0.3 is 0 Å². The van der Waals surface area contributed by atoms with E-state index in [0.717, 1.165) is 16.5 Å². The second kappa shape index (κ2) is 9.67. The maximum absolute atomic E-state index is 14.3. The summed E-state index contributed by atoms with van der Waals surface area (Å²) in [6.45, 7) is 5.76. The zero-order chi connectivity index (χ0) is 22.7. The molecule has 4 aromatic rings. The van der Waals surface area contributed by atoms with Crippen molar-refractivity contribution in [2.75, 3.05) is 4.90 Å². The van der Waals surface area contributed by atoms with Crippen LogP contribution < -0.4 is 4.90 Å². The summed E-state index contributed by atoms with van der Waals surface area (Å²) in [6, 6.07) is 14.7. The van der Waals surface area contributed by atoms with Crippen molar-refractivity contribution in [3.8, 4) is 5.69 Å². The van der Waals surface area contributed by atoms with E-state index in [1.807, 2.05) is 16.1 Å². The average molecular weight is 467 g/mol. The molecular formula is C24H23FN4OS2. The normalized spacial score (nSPS) is 11.2. The summed E-state index contributed by atoms with van der Waals surface area (Å²) in [5, 5.41) is 3.20. The number of nitrogens with zero attached hydrogens (tertiary/aromatic N) is 4. The highest BCUT2D eigenvalue weighted by molar-refractivity contribution is 7.98. The largest absolute Gasteiger partial charge is 0.295 e. The number of carbonyl (C=O) groups excluding carboxylic acids is 1. The van der Waals surface area contributed by atoms with Crippen LogP contribution >= 0.6 is 23.1 Å². The topological polar surface area (TPSA) is 51.0 Å². The van der Waals surface area contributed by atoms with Gasteiger partial charge in [0.1, 0.15) is 5.82 Å². The highest BCUT2D eigenvalue weighted by Gasteiger charge is 2.21. The molecule has 0 saturated carbocycles. The van der Waals surface area contributed by atoms with E-state index in [1.165, 1.54) is 34.8 Å². The highest BCUT2D eigenvalue weighted by atomic mass is 32.2. The summed E-state index contributed by atoms with van der Waals surface area (Å²) in [5.74, 6) is 0.322. The molecule has 5 nitrogen and oxygen atoms in total. The van der Waals surface area contributed by atoms with Gasteiger partial charge in [-0.3, -0.25) is 14.3 Å². The number of imidazole rings is 1. The molecule has 8 heteroatoms. The van der Waals surface area contributed by atoms with E-state index >= 15 is 0 Å². The molecule has 164 valence electrons. The van der Waals surface area contributed by atoms with E-state index in [-0.39, 0.29) is 11.6 Å². The predicted molar refractivity (Wildman–Crippen MR) is 129 cm³/mol. The van der Waals surface area contributed by atoms with Gasteiger partial charge in [-0.15, -0.1) is 11.3 Å². The number of rotatable bonds is 7. The Morgan fingerprint density at radius 1 is 1.19 bits per heavy atom. The number of amides is 1. The number of carbonyl (C=O) groups is 1. The number of benzene rings is 2. The second-order valence-electron chi connectivity index (χ2n) is 7.54. The first-order valence-electron chi connectivity index (χ1n) is 10.2. The zero-order valence-corrected chi connectivity index (χ0v) is 19.7. The van der Waals surface area contributed by atoms with Crippen LogP contribution in [0.15, 0.2) is 71.5 Å². The van der Waals surface area contributed by atoms with Gasteiger partial charge in [0.05, 0.1) is 11.4 Å². The van der Waals surface area contributed by atoms with Crippen LogP contribution in [0.1, 0.15) is 37.9 Å². The lowest BCUT2D eigenvalue weighted by molar-refractivity contribution is -0.115. The van der Waals surface area contributed by atoms with Crippen LogP contribution in [0.2, 0.25) is 0 Å². The Labute approximate surface area is 195 Å². The summed E-state index contributed by atoms with van der Waals surface area (Å²) in [7, 11) is 0. The molecule has 4 rings (SSSR count). The molecule has 0 saturated heterocycles. The van der Waals surface area contributed by atoms with Crippen LogP contribution in [0.25, 0.3) is 5.69 Å². The predicted octanol–water partition coefficient (Wildman–Crippen LogP) is 6.57. The van der Waals surface area contributed by atoms with Crippen molar-refractivity contribution in [1.29, 1.82) is 0 Å². The number of para-hydroxylation sites is 1. The van der Waals surface area contributed by atoms with E-state index in [9.17, 15) is 9.18 Å². The Kier molecular flexibility index (Phi) is 6.72. The average Bonchev–Trinajstić information content (AvgIpc) is 3.43. The Morgan fingerprint density at radius 2 is 1.94 bits per heavy atom. The van der Waals surface area contributed by atoms with Crippen LogP contribution in [-0.4, -0.2) is 20.4 Å². The lowest BCUT2D eigenvalue weighted by Crippen LogP contribution is -2.23. The molecule has 32 heavy (non-hydrogen) atoms. The number of anilines is 2. The van der Waals surface area contributed by atoms with Crippen LogP contribution in [0.4, 0.5) is 15.2 Å². The molecule has 2 heterocycles. The lowest BCUT2D eigenvalue weighted by atomic mass is 10.0. The van der Waals surface area contributed by atoms with Gasteiger partial charge in [-0.05, 0) is 35.7 Å². The lowest BCUT2D eigenvalue weighted by Gasteiger charge is -2.18. The van der Waals surface area contributed by atoms with Gasteiger partial charge < -0.3 is 0 Å². The fourth-order valence-electron chi connectivity index (χ4n) is 3.26. The third kappa shape index (κ3) is 4.76. The summed E-state index contributed by atoms with van der Waals surface area (Å²) < 4.78 is 16.3. The van der Waals surface area contributed by atoms with Crippen molar-refractivity contribution in [1.82, 2.24) is 14.5 Å². The number of halogens is 1. The van der Waals surface area contributed by atoms with Crippen molar-refractivity contribution < 1.29 is 9.18 Å². The zero-order valence-electron chi connectivity index (χ0n) is 18.0. The standard InChI is InChI=1S/C24H23FN4OS2/c1-16(2)18-8-10-20(11-9-18)28-13-12-26-23(28)31-14-19-15-32-24(27-19)29(17(3)30)22-7-5-4-6-21(22)25/h4-13,15-16H,14H2,1-3H3. The van der Waals surface area contributed by atoms with Gasteiger partial charge in [0.2, 0.25) is 5.91 Å². The van der Waals surface area contributed by atoms with E-state index < -0.39 is 5.82 Å². The molecule has 0 spiro atoms. The van der Waals surface area contributed by atoms with E-state index in [2.05, 4.69) is 48.1 Å².